The lowest BCUT2D eigenvalue weighted by Crippen LogP contribution is -2.32. The summed E-state index contributed by atoms with van der Waals surface area (Å²) in [5, 5.41) is 15.8. The fourth-order valence-corrected chi connectivity index (χ4v) is 2.52. The predicted octanol–water partition coefficient (Wildman–Crippen LogP) is 1.66. The second kappa shape index (κ2) is 4.78. The fourth-order valence-electron chi connectivity index (χ4n) is 2.52. The fraction of sp³-hybridized carbons (Fsp3) is 0.286. The molecule has 0 fully saturated rings. The molecule has 1 aromatic carbocycles. The van der Waals surface area contributed by atoms with Crippen molar-refractivity contribution in [1.29, 1.82) is 0 Å². The lowest BCUT2D eigenvalue weighted by molar-refractivity contribution is 0.414. The summed E-state index contributed by atoms with van der Waals surface area (Å²) in [7, 11) is 0. The Morgan fingerprint density at radius 3 is 2.95 bits per heavy atom. The lowest BCUT2D eigenvalue weighted by atomic mass is 10.2. The number of aromatic nitrogens is 5. The van der Waals surface area contributed by atoms with E-state index < -0.39 is 0 Å². The molecule has 1 unspecified atom stereocenters. The molecule has 0 saturated carbocycles. The highest BCUT2D eigenvalue weighted by Gasteiger charge is 2.25. The Morgan fingerprint density at radius 2 is 2.10 bits per heavy atom. The van der Waals surface area contributed by atoms with E-state index in [0.29, 0.717) is 17.5 Å². The van der Waals surface area contributed by atoms with Gasteiger partial charge in [0.05, 0.1) is 6.04 Å². The van der Waals surface area contributed by atoms with E-state index in [-0.39, 0.29) is 6.04 Å². The minimum Gasteiger partial charge on any atom is -0.330 e. The quantitative estimate of drug-likeness (QED) is 0.769. The van der Waals surface area contributed by atoms with E-state index in [9.17, 15) is 0 Å². The first-order chi connectivity index (χ1) is 10.3. The molecule has 1 N–H and O–H groups in total. The highest BCUT2D eigenvalue weighted by Crippen LogP contribution is 2.24. The summed E-state index contributed by atoms with van der Waals surface area (Å²) in [6.07, 6.45) is 0. The molecule has 0 aliphatic carbocycles. The summed E-state index contributed by atoms with van der Waals surface area (Å²) in [5.41, 5.74) is 0.918. The topological polar surface area (TPSA) is 81.7 Å². The predicted molar refractivity (Wildman–Crippen MR) is 75.2 cm³/mol. The van der Waals surface area contributed by atoms with Crippen LogP contribution in [0.15, 0.2) is 34.9 Å². The molecule has 3 heterocycles. The van der Waals surface area contributed by atoms with E-state index in [1.807, 2.05) is 34.9 Å². The molecular formula is C14H14N6O. The van der Waals surface area contributed by atoms with Crippen molar-refractivity contribution < 1.29 is 4.52 Å². The van der Waals surface area contributed by atoms with Crippen LogP contribution in [0.3, 0.4) is 0 Å². The summed E-state index contributed by atoms with van der Waals surface area (Å²) in [6.45, 7) is 3.73. The molecule has 7 nitrogen and oxygen atoms in total. The van der Waals surface area contributed by atoms with Crippen molar-refractivity contribution in [2.75, 3.05) is 6.54 Å². The Kier molecular flexibility index (Phi) is 2.78. The number of hydrogen-bond acceptors (Lipinski definition) is 6. The highest BCUT2D eigenvalue weighted by molar-refractivity contribution is 5.56. The van der Waals surface area contributed by atoms with E-state index in [4.69, 9.17) is 4.52 Å². The number of nitrogens with zero attached hydrogens (tertiary/aromatic N) is 5. The van der Waals surface area contributed by atoms with Crippen molar-refractivity contribution in [3.63, 3.8) is 0 Å². The summed E-state index contributed by atoms with van der Waals surface area (Å²) in [4.78, 5) is 4.43. The van der Waals surface area contributed by atoms with Gasteiger partial charge in [0, 0.05) is 18.7 Å². The Bertz CT molecular complexity index is 763. The van der Waals surface area contributed by atoms with Gasteiger partial charge in [-0.1, -0.05) is 35.5 Å². The van der Waals surface area contributed by atoms with E-state index in [0.717, 1.165) is 24.5 Å². The molecule has 1 aliphatic heterocycles. The number of hydrogen-bond donors (Lipinski definition) is 1. The summed E-state index contributed by atoms with van der Waals surface area (Å²) in [5.74, 6) is 2.50. The minimum absolute atomic E-state index is 0.177. The van der Waals surface area contributed by atoms with E-state index >= 15 is 0 Å². The van der Waals surface area contributed by atoms with Gasteiger partial charge >= 0.3 is 0 Å². The maximum atomic E-state index is 5.36. The molecule has 106 valence electrons. The molecular weight excluding hydrogens is 268 g/mol. The first kappa shape index (κ1) is 12.2. The standard InChI is InChI=1S/C14H14N6O/c1-9-12-17-18-13(20(12)8-7-15-9)14-16-11(19-21-14)10-5-3-2-4-6-10/h2-6,9,15H,7-8H2,1H3. The van der Waals surface area contributed by atoms with Crippen LogP contribution in [0, 0.1) is 0 Å². The average molecular weight is 282 g/mol. The van der Waals surface area contributed by atoms with Gasteiger partial charge in [-0.25, -0.2) is 0 Å². The molecule has 2 aromatic heterocycles. The van der Waals surface area contributed by atoms with Crippen molar-refractivity contribution in [1.82, 2.24) is 30.2 Å². The van der Waals surface area contributed by atoms with Gasteiger partial charge in [0.25, 0.3) is 5.89 Å². The molecule has 0 amide bonds. The molecule has 0 radical (unpaired) electrons. The van der Waals surface area contributed by atoms with Gasteiger partial charge in [-0.05, 0) is 6.92 Å². The highest BCUT2D eigenvalue weighted by atomic mass is 16.5. The van der Waals surface area contributed by atoms with Crippen LogP contribution >= 0.6 is 0 Å². The van der Waals surface area contributed by atoms with E-state index in [1.165, 1.54) is 0 Å². The Morgan fingerprint density at radius 1 is 1.24 bits per heavy atom. The third-order valence-corrected chi connectivity index (χ3v) is 3.60. The molecule has 0 bridgehead atoms. The third kappa shape index (κ3) is 2.02. The second-order valence-corrected chi connectivity index (χ2v) is 5.00. The number of rotatable bonds is 2. The second-order valence-electron chi connectivity index (χ2n) is 5.00. The summed E-state index contributed by atoms with van der Waals surface area (Å²) in [6, 6.07) is 9.90. The molecule has 4 rings (SSSR count). The van der Waals surface area contributed by atoms with Crippen LogP contribution in [0.1, 0.15) is 18.8 Å². The number of nitrogens with one attached hydrogen (secondary N) is 1. The molecule has 3 aromatic rings. The summed E-state index contributed by atoms with van der Waals surface area (Å²) < 4.78 is 7.39. The van der Waals surface area contributed by atoms with E-state index in [1.54, 1.807) is 0 Å². The van der Waals surface area contributed by atoms with Crippen LogP contribution in [-0.2, 0) is 6.54 Å². The van der Waals surface area contributed by atoms with Crippen LogP contribution in [0.5, 0.6) is 0 Å². The monoisotopic (exact) mass is 282 g/mol. The van der Waals surface area contributed by atoms with Crippen molar-refractivity contribution in [2.24, 2.45) is 0 Å². The van der Waals surface area contributed by atoms with Crippen LogP contribution in [0.4, 0.5) is 0 Å². The maximum Gasteiger partial charge on any atom is 0.296 e. The Balaban J connectivity index is 1.74. The van der Waals surface area contributed by atoms with E-state index in [2.05, 4.69) is 32.6 Å². The molecule has 7 heteroatoms. The normalized spacial score (nSPS) is 17.7. The van der Waals surface area contributed by atoms with Crippen LogP contribution in [0.25, 0.3) is 23.1 Å². The van der Waals surface area contributed by atoms with Gasteiger partial charge < -0.3 is 14.4 Å². The molecule has 21 heavy (non-hydrogen) atoms. The molecule has 0 spiro atoms. The van der Waals surface area contributed by atoms with Gasteiger partial charge in [0.1, 0.15) is 5.82 Å². The molecule has 1 atom stereocenters. The van der Waals surface area contributed by atoms with Crippen LogP contribution in [0.2, 0.25) is 0 Å². The van der Waals surface area contributed by atoms with Crippen LogP contribution < -0.4 is 5.32 Å². The number of fused-ring (bicyclic) bond motifs is 1. The van der Waals surface area contributed by atoms with Gasteiger partial charge in [-0.3, -0.25) is 0 Å². The van der Waals surface area contributed by atoms with Gasteiger partial charge in [0.2, 0.25) is 11.6 Å². The van der Waals surface area contributed by atoms with Crippen molar-refractivity contribution >= 4 is 0 Å². The SMILES string of the molecule is CC1NCCn2c(-c3nc(-c4ccccc4)no3)nnc21. The zero-order chi connectivity index (χ0) is 14.2. The first-order valence-corrected chi connectivity index (χ1v) is 6.89. The van der Waals surface area contributed by atoms with Gasteiger partial charge in [0.15, 0.2) is 0 Å². The zero-order valence-electron chi connectivity index (χ0n) is 11.5. The summed E-state index contributed by atoms with van der Waals surface area (Å²) >= 11 is 0. The van der Waals surface area contributed by atoms with Gasteiger partial charge in [-0.2, -0.15) is 4.98 Å². The molecule has 1 aliphatic rings. The van der Waals surface area contributed by atoms with Gasteiger partial charge in [-0.15, -0.1) is 10.2 Å². The smallest absolute Gasteiger partial charge is 0.296 e. The average Bonchev–Trinajstić information content (AvgIpc) is 3.15. The minimum atomic E-state index is 0.177. The Labute approximate surface area is 121 Å². The zero-order valence-corrected chi connectivity index (χ0v) is 11.5. The maximum absolute atomic E-state index is 5.36. The number of benzene rings is 1. The largest absolute Gasteiger partial charge is 0.330 e. The van der Waals surface area contributed by atoms with Crippen molar-refractivity contribution in [2.45, 2.75) is 19.5 Å². The van der Waals surface area contributed by atoms with Crippen LogP contribution in [-0.4, -0.2) is 31.4 Å². The van der Waals surface area contributed by atoms with Crippen molar-refractivity contribution in [3.05, 3.63) is 36.2 Å². The lowest BCUT2D eigenvalue weighted by Gasteiger charge is -2.21. The Hall–Kier alpha value is -2.54. The third-order valence-electron chi connectivity index (χ3n) is 3.60. The first-order valence-electron chi connectivity index (χ1n) is 6.89. The van der Waals surface area contributed by atoms with Crippen molar-refractivity contribution in [3.8, 4) is 23.1 Å². The molecule has 0 saturated heterocycles.